The topological polar surface area (TPSA) is 33.1 Å². The summed E-state index contributed by atoms with van der Waals surface area (Å²) in [6.07, 6.45) is 3.32. The highest BCUT2D eigenvalue weighted by atomic mass is 35.5. The van der Waals surface area contributed by atoms with Crippen LogP contribution in [0, 0.1) is 0 Å². The van der Waals surface area contributed by atoms with Crippen molar-refractivity contribution < 1.29 is 0 Å². The predicted molar refractivity (Wildman–Crippen MR) is 72.6 cm³/mol. The van der Waals surface area contributed by atoms with Crippen LogP contribution in [0.5, 0.6) is 0 Å². The molecule has 1 aromatic heterocycles. The fourth-order valence-electron chi connectivity index (χ4n) is 2.04. The van der Waals surface area contributed by atoms with Crippen LogP contribution >= 0.6 is 12.4 Å². The second kappa shape index (κ2) is 6.99. The standard InChI is InChI=1S/C12H22N4.ClH/c1-11(2)16-8-4-12(14-16)10-15-7-3-5-13-6-9-15;/h4,8,11,13H,3,5-7,9-10H2,1-2H3;1H. The molecule has 0 radical (unpaired) electrons. The van der Waals surface area contributed by atoms with E-state index >= 15 is 0 Å². The van der Waals surface area contributed by atoms with Gasteiger partial charge in [0.25, 0.3) is 0 Å². The Balaban J connectivity index is 0.00000144. The van der Waals surface area contributed by atoms with E-state index in [2.05, 4.69) is 41.4 Å². The highest BCUT2D eigenvalue weighted by Crippen LogP contribution is 2.07. The normalized spacial score (nSPS) is 17.8. The molecule has 2 heterocycles. The van der Waals surface area contributed by atoms with Crippen molar-refractivity contribution in [2.75, 3.05) is 26.2 Å². The molecule has 0 atom stereocenters. The molecule has 98 valence electrons. The lowest BCUT2D eigenvalue weighted by Crippen LogP contribution is -2.27. The van der Waals surface area contributed by atoms with Gasteiger partial charge in [0.05, 0.1) is 5.69 Å². The molecule has 1 N–H and O–H groups in total. The number of rotatable bonds is 3. The van der Waals surface area contributed by atoms with Crippen molar-refractivity contribution in [3.05, 3.63) is 18.0 Å². The number of hydrogen-bond donors (Lipinski definition) is 1. The fourth-order valence-corrected chi connectivity index (χ4v) is 2.04. The SMILES string of the molecule is CC(C)n1ccc(CN2CCCNCC2)n1.Cl. The van der Waals surface area contributed by atoms with E-state index in [0.717, 1.165) is 26.2 Å². The van der Waals surface area contributed by atoms with Gasteiger partial charge < -0.3 is 5.32 Å². The van der Waals surface area contributed by atoms with Crippen molar-refractivity contribution in [2.24, 2.45) is 0 Å². The van der Waals surface area contributed by atoms with Crippen LogP contribution in [0.2, 0.25) is 0 Å². The summed E-state index contributed by atoms with van der Waals surface area (Å²) >= 11 is 0. The van der Waals surface area contributed by atoms with Gasteiger partial charge in [-0.1, -0.05) is 0 Å². The molecule has 0 aromatic carbocycles. The summed E-state index contributed by atoms with van der Waals surface area (Å²) in [6.45, 7) is 9.87. The van der Waals surface area contributed by atoms with E-state index in [1.165, 1.54) is 18.7 Å². The lowest BCUT2D eigenvalue weighted by molar-refractivity contribution is 0.279. The minimum absolute atomic E-state index is 0. The van der Waals surface area contributed by atoms with Crippen molar-refractivity contribution >= 4 is 12.4 Å². The Kier molecular flexibility index (Phi) is 5.95. The quantitative estimate of drug-likeness (QED) is 0.896. The van der Waals surface area contributed by atoms with E-state index in [1.54, 1.807) is 0 Å². The van der Waals surface area contributed by atoms with Crippen molar-refractivity contribution in [1.82, 2.24) is 20.0 Å². The molecule has 1 saturated heterocycles. The van der Waals surface area contributed by atoms with Crippen LogP contribution in [-0.4, -0.2) is 40.9 Å². The number of nitrogens with zero attached hydrogens (tertiary/aromatic N) is 3. The molecular formula is C12H23ClN4. The van der Waals surface area contributed by atoms with Gasteiger partial charge >= 0.3 is 0 Å². The monoisotopic (exact) mass is 258 g/mol. The Morgan fingerprint density at radius 1 is 1.35 bits per heavy atom. The minimum Gasteiger partial charge on any atom is -0.315 e. The van der Waals surface area contributed by atoms with Crippen LogP contribution in [0.3, 0.4) is 0 Å². The molecule has 2 rings (SSSR count). The predicted octanol–water partition coefficient (Wildman–Crippen LogP) is 1.68. The molecule has 0 amide bonds. The zero-order valence-corrected chi connectivity index (χ0v) is 11.5. The van der Waals surface area contributed by atoms with Gasteiger partial charge in [-0.25, -0.2) is 0 Å². The van der Waals surface area contributed by atoms with Gasteiger partial charge in [-0.05, 0) is 39.4 Å². The van der Waals surface area contributed by atoms with Gasteiger partial charge in [0, 0.05) is 31.9 Å². The maximum absolute atomic E-state index is 4.59. The van der Waals surface area contributed by atoms with Gasteiger partial charge in [0.2, 0.25) is 0 Å². The summed E-state index contributed by atoms with van der Waals surface area (Å²) in [5, 5.41) is 8.01. The number of halogens is 1. The third-order valence-electron chi connectivity index (χ3n) is 3.01. The lowest BCUT2D eigenvalue weighted by atomic mass is 10.3. The molecule has 0 saturated carbocycles. The van der Waals surface area contributed by atoms with Crippen LogP contribution in [0.15, 0.2) is 12.3 Å². The number of hydrogen-bond acceptors (Lipinski definition) is 3. The van der Waals surface area contributed by atoms with Gasteiger partial charge in [0.1, 0.15) is 0 Å². The van der Waals surface area contributed by atoms with Gasteiger partial charge in [-0.15, -0.1) is 12.4 Å². The molecule has 1 fully saturated rings. The average Bonchev–Trinajstić information content (AvgIpc) is 2.56. The summed E-state index contributed by atoms with van der Waals surface area (Å²) in [7, 11) is 0. The van der Waals surface area contributed by atoms with Crippen molar-refractivity contribution in [2.45, 2.75) is 32.9 Å². The summed E-state index contributed by atoms with van der Waals surface area (Å²) < 4.78 is 2.03. The van der Waals surface area contributed by atoms with E-state index in [4.69, 9.17) is 0 Å². The van der Waals surface area contributed by atoms with Crippen LogP contribution in [0.1, 0.15) is 32.0 Å². The Hall–Kier alpha value is -0.580. The van der Waals surface area contributed by atoms with Crippen molar-refractivity contribution in [3.63, 3.8) is 0 Å². The Bertz CT molecular complexity index is 316. The maximum Gasteiger partial charge on any atom is 0.0764 e. The molecular weight excluding hydrogens is 236 g/mol. The Morgan fingerprint density at radius 2 is 2.18 bits per heavy atom. The smallest absolute Gasteiger partial charge is 0.0764 e. The molecule has 1 aromatic rings. The first-order valence-corrected chi connectivity index (χ1v) is 6.23. The molecule has 1 aliphatic heterocycles. The van der Waals surface area contributed by atoms with E-state index in [0.29, 0.717) is 6.04 Å². The first-order chi connectivity index (χ1) is 7.75. The van der Waals surface area contributed by atoms with E-state index in [1.807, 2.05) is 4.68 Å². The van der Waals surface area contributed by atoms with Gasteiger partial charge in [0.15, 0.2) is 0 Å². The largest absolute Gasteiger partial charge is 0.315 e. The molecule has 5 heteroatoms. The molecule has 0 unspecified atom stereocenters. The molecule has 1 aliphatic rings. The van der Waals surface area contributed by atoms with Crippen LogP contribution in [0.25, 0.3) is 0 Å². The second-order valence-corrected chi connectivity index (χ2v) is 4.76. The first kappa shape index (κ1) is 14.5. The van der Waals surface area contributed by atoms with Crippen molar-refractivity contribution in [3.8, 4) is 0 Å². The average molecular weight is 259 g/mol. The van der Waals surface area contributed by atoms with Crippen molar-refractivity contribution in [1.29, 1.82) is 0 Å². The van der Waals surface area contributed by atoms with Crippen LogP contribution < -0.4 is 5.32 Å². The number of nitrogens with one attached hydrogen (secondary N) is 1. The zero-order chi connectivity index (χ0) is 11.4. The summed E-state index contributed by atoms with van der Waals surface area (Å²) in [4.78, 5) is 2.48. The minimum atomic E-state index is 0. The van der Waals surface area contributed by atoms with E-state index in [9.17, 15) is 0 Å². The first-order valence-electron chi connectivity index (χ1n) is 6.23. The summed E-state index contributed by atoms with van der Waals surface area (Å²) in [5.74, 6) is 0. The van der Waals surface area contributed by atoms with Crippen LogP contribution in [0.4, 0.5) is 0 Å². The Morgan fingerprint density at radius 3 is 2.88 bits per heavy atom. The highest BCUT2D eigenvalue weighted by molar-refractivity contribution is 5.85. The van der Waals surface area contributed by atoms with E-state index < -0.39 is 0 Å². The third kappa shape index (κ3) is 4.30. The van der Waals surface area contributed by atoms with Crippen LogP contribution in [-0.2, 0) is 6.54 Å². The zero-order valence-electron chi connectivity index (χ0n) is 10.7. The molecule has 0 bridgehead atoms. The summed E-state index contributed by atoms with van der Waals surface area (Å²) in [6, 6.07) is 2.60. The third-order valence-corrected chi connectivity index (χ3v) is 3.01. The maximum atomic E-state index is 4.59. The number of aromatic nitrogens is 2. The molecule has 0 spiro atoms. The molecule has 17 heavy (non-hydrogen) atoms. The fraction of sp³-hybridized carbons (Fsp3) is 0.750. The van der Waals surface area contributed by atoms with E-state index in [-0.39, 0.29) is 12.4 Å². The Labute approximate surface area is 110 Å². The second-order valence-electron chi connectivity index (χ2n) is 4.76. The van der Waals surface area contributed by atoms with Gasteiger partial charge in [-0.2, -0.15) is 5.10 Å². The summed E-state index contributed by atoms with van der Waals surface area (Å²) in [5.41, 5.74) is 1.19. The lowest BCUT2D eigenvalue weighted by Gasteiger charge is -2.17. The van der Waals surface area contributed by atoms with Gasteiger partial charge in [-0.3, -0.25) is 9.58 Å². The highest BCUT2D eigenvalue weighted by Gasteiger charge is 2.10. The molecule has 4 nitrogen and oxygen atoms in total. The molecule has 0 aliphatic carbocycles.